The van der Waals surface area contributed by atoms with E-state index in [1.165, 1.54) is 25.3 Å². The molecule has 130 valence electrons. The Morgan fingerprint density at radius 1 is 1.21 bits per heavy atom. The Balaban J connectivity index is 1.31. The van der Waals surface area contributed by atoms with Crippen LogP contribution in [0.25, 0.3) is 0 Å². The predicted molar refractivity (Wildman–Crippen MR) is 87.6 cm³/mol. The third kappa shape index (κ3) is 4.34. The van der Waals surface area contributed by atoms with E-state index in [-0.39, 0.29) is 24.3 Å². The largest absolute Gasteiger partial charge is 0.456 e. The highest BCUT2D eigenvalue weighted by Crippen LogP contribution is 2.49. The molecule has 0 radical (unpaired) electrons. The lowest BCUT2D eigenvalue weighted by Gasteiger charge is -2.20. The third-order valence-electron chi connectivity index (χ3n) is 5.35. The van der Waals surface area contributed by atoms with Gasteiger partial charge in [0.25, 0.3) is 5.91 Å². The summed E-state index contributed by atoms with van der Waals surface area (Å²) in [5.41, 5.74) is 0.561. The normalized spacial score (nSPS) is 24.8. The molecule has 0 unspecified atom stereocenters. The number of fused-ring (bicyclic) bond motifs is 2. The van der Waals surface area contributed by atoms with Crippen LogP contribution in [0, 0.1) is 23.6 Å². The fraction of sp³-hybridized carbons (Fsp3) is 0.579. The maximum absolute atomic E-state index is 13.4. The van der Waals surface area contributed by atoms with E-state index in [2.05, 4.69) is 5.32 Å². The van der Waals surface area contributed by atoms with E-state index in [9.17, 15) is 14.0 Å². The van der Waals surface area contributed by atoms with E-state index in [1.54, 1.807) is 18.2 Å². The smallest absolute Gasteiger partial charge is 0.306 e. The van der Waals surface area contributed by atoms with E-state index in [4.69, 9.17) is 4.74 Å². The Hall–Kier alpha value is -1.91. The van der Waals surface area contributed by atoms with Gasteiger partial charge in [0.05, 0.1) is 0 Å². The summed E-state index contributed by atoms with van der Waals surface area (Å²) in [5, 5.41) is 2.65. The summed E-state index contributed by atoms with van der Waals surface area (Å²) >= 11 is 0. The van der Waals surface area contributed by atoms with Gasteiger partial charge in [-0.05, 0) is 55.1 Å². The van der Waals surface area contributed by atoms with Crippen molar-refractivity contribution in [2.75, 3.05) is 13.2 Å². The molecule has 0 saturated heterocycles. The van der Waals surface area contributed by atoms with Gasteiger partial charge in [-0.1, -0.05) is 24.6 Å². The summed E-state index contributed by atoms with van der Waals surface area (Å²) in [6, 6.07) is 6.48. The highest BCUT2D eigenvalue weighted by molar-refractivity contribution is 5.80. The Morgan fingerprint density at radius 2 is 2.04 bits per heavy atom. The van der Waals surface area contributed by atoms with E-state index in [0.29, 0.717) is 36.8 Å². The van der Waals surface area contributed by atoms with Gasteiger partial charge in [0.2, 0.25) is 0 Å². The van der Waals surface area contributed by atoms with Crippen molar-refractivity contribution in [1.82, 2.24) is 5.32 Å². The molecule has 1 aromatic carbocycles. The number of amides is 1. The topological polar surface area (TPSA) is 55.4 Å². The lowest BCUT2D eigenvalue weighted by Crippen LogP contribution is -2.31. The molecule has 1 aromatic rings. The summed E-state index contributed by atoms with van der Waals surface area (Å²) in [5.74, 6) is 1.03. The highest BCUT2D eigenvalue weighted by atomic mass is 19.1. The van der Waals surface area contributed by atoms with Crippen molar-refractivity contribution in [3.05, 3.63) is 35.6 Å². The molecule has 5 heteroatoms. The third-order valence-corrected chi connectivity index (χ3v) is 5.35. The van der Waals surface area contributed by atoms with Gasteiger partial charge in [-0.3, -0.25) is 9.59 Å². The van der Waals surface area contributed by atoms with Crippen LogP contribution in [0.4, 0.5) is 4.39 Å². The standard InChI is InChI=1S/C19H24FNO3/c20-17-4-2-1-3-14(17)7-8-21-18(22)12-24-19(23)11-16-10-13-5-6-15(16)9-13/h1-4,13,15-16H,5-12H2,(H,21,22)/t13-,15+,16+/m0/s1. The fourth-order valence-corrected chi connectivity index (χ4v) is 4.13. The number of benzene rings is 1. The molecule has 4 nitrogen and oxygen atoms in total. The van der Waals surface area contributed by atoms with Crippen molar-refractivity contribution in [1.29, 1.82) is 0 Å². The van der Waals surface area contributed by atoms with Crippen molar-refractivity contribution in [3.8, 4) is 0 Å². The molecule has 24 heavy (non-hydrogen) atoms. The minimum absolute atomic E-state index is 0.253. The van der Waals surface area contributed by atoms with Crippen LogP contribution in [-0.4, -0.2) is 25.0 Å². The van der Waals surface area contributed by atoms with Crippen molar-refractivity contribution in [2.45, 2.75) is 38.5 Å². The number of halogens is 1. The Bertz CT molecular complexity index is 604. The SMILES string of the molecule is O=C(COC(=O)C[C@H]1C[C@H]2CC[C@@H]1C2)NCCc1ccccc1F. The molecule has 0 aromatic heterocycles. The predicted octanol–water partition coefficient (Wildman–Crippen LogP) is 2.85. The molecular formula is C19H24FNO3. The quantitative estimate of drug-likeness (QED) is 0.781. The van der Waals surface area contributed by atoms with Crippen molar-refractivity contribution in [3.63, 3.8) is 0 Å². The fourth-order valence-electron chi connectivity index (χ4n) is 4.13. The minimum Gasteiger partial charge on any atom is -0.456 e. The molecule has 3 rings (SSSR count). The minimum atomic E-state index is -0.340. The van der Waals surface area contributed by atoms with Crippen molar-refractivity contribution >= 4 is 11.9 Å². The number of esters is 1. The van der Waals surface area contributed by atoms with Gasteiger partial charge in [-0.2, -0.15) is 0 Å². The van der Waals surface area contributed by atoms with Gasteiger partial charge in [-0.25, -0.2) is 4.39 Å². The average molecular weight is 333 g/mol. The molecule has 0 aliphatic heterocycles. The van der Waals surface area contributed by atoms with Crippen LogP contribution in [0.15, 0.2) is 24.3 Å². The van der Waals surface area contributed by atoms with Crippen LogP contribution in [0.1, 0.15) is 37.7 Å². The lowest BCUT2D eigenvalue weighted by atomic mass is 9.86. The number of carbonyl (C=O) groups excluding carboxylic acids is 2. The van der Waals surface area contributed by atoms with E-state index < -0.39 is 0 Å². The number of carbonyl (C=O) groups is 2. The molecule has 0 spiro atoms. The number of nitrogens with one attached hydrogen (secondary N) is 1. The summed E-state index contributed by atoms with van der Waals surface area (Å²) in [4.78, 5) is 23.6. The Morgan fingerprint density at radius 3 is 2.75 bits per heavy atom. The van der Waals surface area contributed by atoms with Gasteiger partial charge in [0, 0.05) is 13.0 Å². The summed E-state index contributed by atoms with van der Waals surface area (Å²) in [6.45, 7) is 0.0701. The first-order chi connectivity index (χ1) is 11.6. The van der Waals surface area contributed by atoms with Crippen molar-refractivity contribution in [2.24, 2.45) is 17.8 Å². The van der Waals surface area contributed by atoms with Crippen LogP contribution in [-0.2, 0) is 20.7 Å². The van der Waals surface area contributed by atoms with Crippen LogP contribution in [0.3, 0.4) is 0 Å². The first-order valence-electron chi connectivity index (χ1n) is 8.77. The van der Waals surface area contributed by atoms with Gasteiger partial charge >= 0.3 is 5.97 Å². The molecular weight excluding hydrogens is 309 g/mol. The molecule has 2 bridgehead atoms. The van der Waals surface area contributed by atoms with E-state index >= 15 is 0 Å². The van der Waals surface area contributed by atoms with Gasteiger partial charge in [0.1, 0.15) is 5.82 Å². The monoisotopic (exact) mass is 333 g/mol. The van der Waals surface area contributed by atoms with Crippen LogP contribution < -0.4 is 5.32 Å². The second-order valence-corrected chi connectivity index (χ2v) is 6.99. The zero-order chi connectivity index (χ0) is 16.9. The molecule has 2 fully saturated rings. The Kier molecular flexibility index (Phi) is 5.48. The zero-order valence-corrected chi connectivity index (χ0v) is 13.8. The number of hydrogen-bond acceptors (Lipinski definition) is 3. The van der Waals surface area contributed by atoms with Gasteiger partial charge in [0.15, 0.2) is 6.61 Å². The highest BCUT2D eigenvalue weighted by Gasteiger charge is 2.40. The number of rotatable bonds is 7. The van der Waals surface area contributed by atoms with Crippen molar-refractivity contribution < 1.29 is 18.7 Å². The molecule has 1 N–H and O–H groups in total. The first-order valence-corrected chi connectivity index (χ1v) is 8.77. The van der Waals surface area contributed by atoms with E-state index in [1.807, 2.05) is 0 Å². The first kappa shape index (κ1) is 16.9. The van der Waals surface area contributed by atoms with Crippen LogP contribution in [0.2, 0.25) is 0 Å². The number of hydrogen-bond donors (Lipinski definition) is 1. The van der Waals surface area contributed by atoms with Gasteiger partial charge in [-0.15, -0.1) is 0 Å². The molecule has 2 aliphatic rings. The Labute approximate surface area is 141 Å². The molecule has 1 amide bonds. The summed E-state index contributed by atoms with van der Waals surface area (Å²) < 4.78 is 18.5. The van der Waals surface area contributed by atoms with Gasteiger partial charge < -0.3 is 10.1 Å². The second kappa shape index (κ2) is 7.77. The molecule has 3 atom stereocenters. The summed E-state index contributed by atoms with van der Waals surface area (Å²) in [6.07, 6.45) is 5.78. The van der Waals surface area contributed by atoms with Crippen LogP contribution in [0.5, 0.6) is 0 Å². The molecule has 0 heterocycles. The maximum atomic E-state index is 13.4. The molecule has 2 aliphatic carbocycles. The zero-order valence-electron chi connectivity index (χ0n) is 13.8. The summed E-state index contributed by atoms with van der Waals surface area (Å²) in [7, 11) is 0. The number of ether oxygens (including phenoxy) is 1. The molecule has 2 saturated carbocycles. The average Bonchev–Trinajstić information content (AvgIpc) is 3.17. The lowest BCUT2D eigenvalue weighted by molar-refractivity contribution is -0.149. The van der Waals surface area contributed by atoms with E-state index in [0.717, 1.165) is 12.3 Å². The second-order valence-electron chi connectivity index (χ2n) is 6.99. The maximum Gasteiger partial charge on any atom is 0.306 e. The van der Waals surface area contributed by atoms with Crippen LogP contribution >= 0.6 is 0 Å².